The predicted molar refractivity (Wildman–Crippen MR) is 58.9 cm³/mol. The molecule has 0 saturated carbocycles. The molecule has 0 fully saturated rings. The van der Waals surface area contributed by atoms with Gasteiger partial charge in [0, 0.05) is 6.20 Å². The van der Waals surface area contributed by atoms with Crippen molar-refractivity contribution in [1.29, 1.82) is 0 Å². The molecule has 16 heavy (non-hydrogen) atoms. The highest BCUT2D eigenvalue weighted by atomic mass is 35.5. The number of carboxylic acids is 1. The smallest absolute Gasteiger partial charge is 0.323 e. The van der Waals surface area contributed by atoms with E-state index in [1.165, 1.54) is 18.3 Å². The predicted octanol–water partition coefficient (Wildman–Crippen LogP) is 0.950. The van der Waals surface area contributed by atoms with Crippen LogP contribution in [0.4, 0.5) is 5.69 Å². The number of hydrogen-bond donors (Lipinski definition) is 2. The second-order valence-electron chi connectivity index (χ2n) is 2.99. The number of anilines is 1. The molecule has 0 aliphatic carbocycles. The van der Waals surface area contributed by atoms with Crippen LogP contribution in [-0.4, -0.2) is 29.7 Å². The highest BCUT2D eigenvalue weighted by Gasteiger charge is 2.27. The Morgan fingerprint density at radius 2 is 2.25 bits per heavy atom. The van der Waals surface area contributed by atoms with E-state index < -0.39 is 21.2 Å². The first-order valence-corrected chi connectivity index (χ1v) is 6.11. The number of sulfonamides is 1. The number of halogens is 1. The van der Waals surface area contributed by atoms with Crippen molar-refractivity contribution in [2.75, 3.05) is 4.72 Å². The first-order valence-electron chi connectivity index (χ1n) is 4.19. The van der Waals surface area contributed by atoms with Crippen LogP contribution in [0.5, 0.6) is 0 Å². The first-order chi connectivity index (χ1) is 7.33. The molecule has 0 radical (unpaired) electrons. The number of rotatable bonds is 4. The van der Waals surface area contributed by atoms with E-state index in [0.29, 0.717) is 0 Å². The van der Waals surface area contributed by atoms with Gasteiger partial charge in [-0.3, -0.25) is 9.52 Å². The Labute approximate surface area is 97.3 Å². The van der Waals surface area contributed by atoms with E-state index in [1.54, 1.807) is 0 Å². The summed E-state index contributed by atoms with van der Waals surface area (Å²) >= 11 is 5.55. The highest BCUT2D eigenvalue weighted by Crippen LogP contribution is 2.15. The first kappa shape index (κ1) is 12.7. The fourth-order valence-corrected chi connectivity index (χ4v) is 1.92. The topological polar surface area (TPSA) is 96.4 Å². The molecule has 1 aromatic rings. The maximum absolute atomic E-state index is 11.5. The van der Waals surface area contributed by atoms with E-state index in [1.807, 2.05) is 0 Å². The SMILES string of the molecule is CC(C(=O)O)S(=O)(=O)Nc1ccnc(Cl)c1. The fourth-order valence-electron chi connectivity index (χ4n) is 0.851. The van der Waals surface area contributed by atoms with Crippen molar-refractivity contribution in [2.45, 2.75) is 12.2 Å². The maximum atomic E-state index is 11.5. The molecule has 0 aliphatic rings. The summed E-state index contributed by atoms with van der Waals surface area (Å²) in [6.07, 6.45) is 1.31. The van der Waals surface area contributed by atoms with E-state index >= 15 is 0 Å². The van der Waals surface area contributed by atoms with Gasteiger partial charge in [-0.05, 0) is 19.1 Å². The number of aromatic nitrogens is 1. The summed E-state index contributed by atoms with van der Waals surface area (Å²) in [4.78, 5) is 14.2. The third-order valence-corrected chi connectivity index (χ3v) is 3.66. The van der Waals surface area contributed by atoms with Gasteiger partial charge < -0.3 is 5.11 Å². The van der Waals surface area contributed by atoms with Crippen molar-refractivity contribution in [3.05, 3.63) is 23.5 Å². The molecule has 1 unspecified atom stereocenters. The van der Waals surface area contributed by atoms with Crippen LogP contribution in [0.25, 0.3) is 0 Å². The minimum Gasteiger partial charge on any atom is -0.480 e. The Kier molecular flexibility index (Phi) is 3.71. The number of nitrogens with one attached hydrogen (secondary N) is 1. The van der Waals surface area contributed by atoms with Crippen LogP contribution in [0.2, 0.25) is 5.15 Å². The molecular formula is C8H9ClN2O4S. The summed E-state index contributed by atoms with van der Waals surface area (Å²) in [6.45, 7) is 1.08. The van der Waals surface area contributed by atoms with E-state index in [9.17, 15) is 13.2 Å². The van der Waals surface area contributed by atoms with Crippen molar-refractivity contribution in [3.63, 3.8) is 0 Å². The lowest BCUT2D eigenvalue weighted by Crippen LogP contribution is -2.32. The lowest BCUT2D eigenvalue weighted by atomic mass is 10.4. The molecule has 1 atom stereocenters. The molecule has 6 nitrogen and oxygen atoms in total. The van der Waals surface area contributed by atoms with Crippen LogP contribution < -0.4 is 4.72 Å². The van der Waals surface area contributed by atoms with Crippen molar-refractivity contribution < 1.29 is 18.3 Å². The summed E-state index contributed by atoms with van der Waals surface area (Å²) in [6, 6.07) is 2.66. The van der Waals surface area contributed by atoms with Gasteiger partial charge in [-0.25, -0.2) is 13.4 Å². The summed E-state index contributed by atoms with van der Waals surface area (Å²) < 4.78 is 25.1. The molecule has 0 spiro atoms. The molecular weight excluding hydrogens is 256 g/mol. The number of hydrogen-bond acceptors (Lipinski definition) is 4. The maximum Gasteiger partial charge on any atom is 0.323 e. The fraction of sp³-hybridized carbons (Fsp3) is 0.250. The summed E-state index contributed by atoms with van der Waals surface area (Å²) in [5.74, 6) is -1.42. The van der Waals surface area contributed by atoms with Crippen LogP contribution in [0, 0.1) is 0 Å². The molecule has 0 amide bonds. The summed E-state index contributed by atoms with van der Waals surface area (Å²) in [5, 5.41) is 7.16. The Hall–Kier alpha value is -1.34. The monoisotopic (exact) mass is 264 g/mol. The van der Waals surface area contributed by atoms with Crippen molar-refractivity contribution in [2.24, 2.45) is 0 Å². The molecule has 0 saturated heterocycles. The Balaban J connectivity index is 2.93. The van der Waals surface area contributed by atoms with Gasteiger partial charge in [0.1, 0.15) is 5.15 Å². The third-order valence-electron chi connectivity index (χ3n) is 1.80. The second kappa shape index (κ2) is 4.67. The van der Waals surface area contributed by atoms with E-state index in [4.69, 9.17) is 16.7 Å². The summed E-state index contributed by atoms with van der Waals surface area (Å²) in [7, 11) is -3.97. The van der Waals surface area contributed by atoms with Crippen LogP contribution in [0.1, 0.15) is 6.92 Å². The lowest BCUT2D eigenvalue weighted by Gasteiger charge is -2.10. The highest BCUT2D eigenvalue weighted by molar-refractivity contribution is 7.94. The van der Waals surface area contributed by atoms with Gasteiger partial charge in [0.15, 0.2) is 5.25 Å². The molecule has 2 N–H and O–H groups in total. The molecule has 0 bridgehead atoms. The quantitative estimate of drug-likeness (QED) is 0.789. The van der Waals surface area contributed by atoms with Gasteiger partial charge in [-0.1, -0.05) is 11.6 Å². The van der Waals surface area contributed by atoms with Gasteiger partial charge in [0.25, 0.3) is 0 Å². The standard InChI is InChI=1S/C8H9ClN2O4S/c1-5(8(12)13)16(14,15)11-6-2-3-10-7(9)4-6/h2-5H,1H3,(H,10,11)(H,12,13). The molecule has 0 aromatic carbocycles. The van der Waals surface area contributed by atoms with Crippen LogP contribution in [0.3, 0.4) is 0 Å². The second-order valence-corrected chi connectivity index (χ2v) is 5.38. The van der Waals surface area contributed by atoms with Crippen molar-refractivity contribution >= 4 is 33.3 Å². The minimum atomic E-state index is -3.97. The van der Waals surface area contributed by atoms with Gasteiger partial charge in [-0.2, -0.15) is 0 Å². The number of aliphatic carboxylic acids is 1. The van der Waals surface area contributed by atoms with E-state index in [0.717, 1.165) is 6.92 Å². The third kappa shape index (κ3) is 3.07. The Bertz CT molecular complexity index is 503. The molecule has 1 heterocycles. The average molecular weight is 265 g/mol. The summed E-state index contributed by atoms with van der Waals surface area (Å²) in [5.41, 5.74) is 0.174. The van der Waals surface area contributed by atoms with Crippen molar-refractivity contribution in [3.8, 4) is 0 Å². The molecule has 0 aliphatic heterocycles. The van der Waals surface area contributed by atoms with Crippen LogP contribution >= 0.6 is 11.6 Å². The largest absolute Gasteiger partial charge is 0.480 e. The lowest BCUT2D eigenvalue weighted by molar-refractivity contribution is -0.136. The van der Waals surface area contributed by atoms with Crippen LogP contribution in [-0.2, 0) is 14.8 Å². The zero-order valence-corrected chi connectivity index (χ0v) is 9.79. The van der Waals surface area contributed by atoms with E-state index in [2.05, 4.69) is 9.71 Å². The Morgan fingerprint density at radius 1 is 1.62 bits per heavy atom. The molecule has 8 heteroatoms. The van der Waals surface area contributed by atoms with Crippen molar-refractivity contribution in [1.82, 2.24) is 4.98 Å². The van der Waals surface area contributed by atoms with E-state index in [-0.39, 0.29) is 10.8 Å². The normalized spacial score (nSPS) is 13.1. The minimum absolute atomic E-state index is 0.114. The number of carboxylic acid groups (broad SMARTS) is 1. The Morgan fingerprint density at radius 3 is 2.75 bits per heavy atom. The van der Waals surface area contributed by atoms with Gasteiger partial charge >= 0.3 is 5.97 Å². The number of carbonyl (C=O) groups is 1. The molecule has 88 valence electrons. The van der Waals surface area contributed by atoms with Gasteiger partial charge in [-0.15, -0.1) is 0 Å². The number of pyridine rings is 1. The van der Waals surface area contributed by atoms with Gasteiger partial charge in [0.2, 0.25) is 10.0 Å². The average Bonchev–Trinajstić information content (AvgIpc) is 2.15. The number of nitrogens with zero attached hydrogens (tertiary/aromatic N) is 1. The zero-order valence-electron chi connectivity index (χ0n) is 8.21. The molecule has 1 rings (SSSR count). The van der Waals surface area contributed by atoms with Crippen LogP contribution in [0.15, 0.2) is 18.3 Å². The van der Waals surface area contributed by atoms with Gasteiger partial charge in [0.05, 0.1) is 5.69 Å². The molecule has 1 aromatic heterocycles. The zero-order chi connectivity index (χ0) is 12.3.